The summed E-state index contributed by atoms with van der Waals surface area (Å²) in [5.74, 6) is -1.32. The second-order valence-electron chi connectivity index (χ2n) is 5.39. The van der Waals surface area contributed by atoms with E-state index < -0.39 is 11.6 Å². The van der Waals surface area contributed by atoms with E-state index in [9.17, 15) is 13.6 Å². The highest BCUT2D eigenvalue weighted by Crippen LogP contribution is 2.13. The standard InChI is InChI=1S/C19H16F2N2O/c20-15-8-9-18(21)14(11-15)13-22-19(24)12-17-7-4-10-23(17)16-5-2-1-3-6-16/h1-11H,12-13H2,(H,22,24). The fourth-order valence-corrected chi connectivity index (χ4v) is 2.50. The molecular weight excluding hydrogens is 310 g/mol. The molecule has 0 saturated heterocycles. The summed E-state index contributed by atoms with van der Waals surface area (Å²) in [6.45, 7) is -0.0472. The van der Waals surface area contributed by atoms with E-state index in [0.717, 1.165) is 29.6 Å². The van der Waals surface area contributed by atoms with E-state index in [0.29, 0.717) is 0 Å². The first-order valence-corrected chi connectivity index (χ1v) is 7.56. The average Bonchev–Trinajstić information content (AvgIpc) is 3.04. The van der Waals surface area contributed by atoms with Crippen molar-refractivity contribution in [3.05, 3.63) is 89.8 Å². The summed E-state index contributed by atoms with van der Waals surface area (Å²) in [4.78, 5) is 12.1. The lowest BCUT2D eigenvalue weighted by Gasteiger charge is -2.10. The molecular formula is C19H16F2N2O. The van der Waals surface area contributed by atoms with Crippen molar-refractivity contribution in [3.63, 3.8) is 0 Å². The first kappa shape index (κ1) is 15.9. The zero-order chi connectivity index (χ0) is 16.9. The molecule has 2 aromatic carbocycles. The van der Waals surface area contributed by atoms with Gasteiger partial charge in [0.05, 0.1) is 6.42 Å². The molecule has 122 valence electrons. The van der Waals surface area contributed by atoms with Crippen LogP contribution in [0.5, 0.6) is 0 Å². The molecule has 1 amide bonds. The SMILES string of the molecule is O=C(Cc1cccn1-c1ccccc1)NCc1cc(F)ccc1F. The number of rotatable bonds is 5. The van der Waals surface area contributed by atoms with Crippen LogP contribution in [0.25, 0.3) is 5.69 Å². The summed E-state index contributed by atoms with van der Waals surface area (Å²) in [6, 6.07) is 16.6. The molecule has 0 unspecified atom stereocenters. The van der Waals surface area contributed by atoms with Crippen LogP contribution in [0.3, 0.4) is 0 Å². The van der Waals surface area contributed by atoms with Crippen molar-refractivity contribution in [1.29, 1.82) is 0 Å². The Labute approximate surface area is 138 Å². The predicted octanol–water partition coefficient (Wildman–Crippen LogP) is 3.61. The third kappa shape index (κ3) is 3.68. The van der Waals surface area contributed by atoms with Crippen LogP contribution in [0.2, 0.25) is 0 Å². The minimum absolute atomic E-state index is 0.0472. The molecule has 0 aliphatic heterocycles. The van der Waals surface area contributed by atoms with Gasteiger partial charge in [0.2, 0.25) is 5.91 Å². The van der Waals surface area contributed by atoms with Gasteiger partial charge < -0.3 is 9.88 Å². The third-order valence-electron chi connectivity index (χ3n) is 3.69. The van der Waals surface area contributed by atoms with Crippen LogP contribution in [0, 0.1) is 11.6 Å². The highest BCUT2D eigenvalue weighted by molar-refractivity contribution is 5.78. The quantitative estimate of drug-likeness (QED) is 0.763. The van der Waals surface area contributed by atoms with Crippen molar-refractivity contribution in [2.75, 3.05) is 0 Å². The summed E-state index contributed by atoms with van der Waals surface area (Å²) < 4.78 is 28.6. The number of hydrogen-bond acceptors (Lipinski definition) is 1. The molecule has 0 bridgehead atoms. The first-order chi connectivity index (χ1) is 11.6. The maximum Gasteiger partial charge on any atom is 0.226 e. The molecule has 0 aliphatic carbocycles. The molecule has 1 heterocycles. The van der Waals surface area contributed by atoms with E-state index in [1.54, 1.807) is 0 Å². The number of para-hydroxylation sites is 1. The summed E-state index contributed by atoms with van der Waals surface area (Å²) in [6.07, 6.45) is 2.03. The zero-order valence-electron chi connectivity index (χ0n) is 12.9. The monoisotopic (exact) mass is 326 g/mol. The Bertz CT molecular complexity index is 844. The number of nitrogens with zero attached hydrogens (tertiary/aromatic N) is 1. The number of halogens is 2. The highest BCUT2D eigenvalue weighted by atomic mass is 19.1. The minimum atomic E-state index is -0.538. The molecule has 5 heteroatoms. The van der Waals surface area contributed by atoms with E-state index >= 15 is 0 Å². The predicted molar refractivity (Wildman–Crippen MR) is 87.7 cm³/mol. The Hall–Kier alpha value is -2.95. The Morgan fingerprint density at radius 3 is 2.58 bits per heavy atom. The molecule has 3 rings (SSSR count). The van der Waals surface area contributed by atoms with Crippen LogP contribution >= 0.6 is 0 Å². The Balaban J connectivity index is 1.66. The average molecular weight is 326 g/mol. The Morgan fingerprint density at radius 1 is 1.00 bits per heavy atom. The van der Waals surface area contributed by atoms with Crippen LogP contribution in [0.1, 0.15) is 11.3 Å². The van der Waals surface area contributed by atoms with Gasteiger partial charge >= 0.3 is 0 Å². The molecule has 0 atom stereocenters. The number of benzene rings is 2. The lowest BCUT2D eigenvalue weighted by molar-refractivity contribution is -0.120. The Morgan fingerprint density at radius 2 is 1.79 bits per heavy atom. The van der Waals surface area contributed by atoms with E-state index in [2.05, 4.69) is 5.32 Å². The van der Waals surface area contributed by atoms with E-state index in [-0.39, 0.29) is 24.4 Å². The van der Waals surface area contributed by atoms with Gasteiger partial charge in [-0.3, -0.25) is 4.79 Å². The summed E-state index contributed by atoms with van der Waals surface area (Å²) in [5, 5.41) is 2.63. The van der Waals surface area contributed by atoms with E-state index in [4.69, 9.17) is 0 Å². The van der Waals surface area contributed by atoms with Gasteiger partial charge in [-0.05, 0) is 42.5 Å². The van der Waals surface area contributed by atoms with Crippen molar-refractivity contribution in [2.24, 2.45) is 0 Å². The first-order valence-electron chi connectivity index (χ1n) is 7.56. The summed E-state index contributed by atoms with van der Waals surface area (Å²) >= 11 is 0. The van der Waals surface area contributed by atoms with Crippen molar-refractivity contribution in [3.8, 4) is 5.69 Å². The van der Waals surface area contributed by atoms with E-state index in [1.165, 1.54) is 0 Å². The molecule has 0 aliphatic rings. The van der Waals surface area contributed by atoms with Gasteiger partial charge in [0.25, 0.3) is 0 Å². The molecule has 1 N–H and O–H groups in total. The van der Waals surface area contributed by atoms with Gasteiger partial charge in [-0.2, -0.15) is 0 Å². The second-order valence-corrected chi connectivity index (χ2v) is 5.39. The van der Waals surface area contributed by atoms with Crippen molar-refractivity contribution < 1.29 is 13.6 Å². The molecule has 0 radical (unpaired) electrons. The number of carbonyl (C=O) groups excluding carboxylic acids is 1. The number of carbonyl (C=O) groups is 1. The summed E-state index contributed by atoms with van der Waals surface area (Å²) in [5.41, 5.74) is 1.90. The maximum atomic E-state index is 13.6. The molecule has 1 aromatic heterocycles. The lowest BCUT2D eigenvalue weighted by Crippen LogP contribution is -2.26. The number of amides is 1. The molecule has 3 aromatic rings. The third-order valence-corrected chi connectivity index (χ3v) is 3.69. The smallest absolute Gasteiger partial charge is 0.226 e. The molecule has 3 nitrogen and oxygen atoms in total. The topological polar surface area (TPSA) is 34.0 Å². The van der Waals surface area contributed by atoms with Gasteiger partial charge in [0.15, 0.2) is 0 Å². The van der Waals surface area contributed by atoms with Crippen LogP contribution in [-0.2, 0) is 17.8 Å². The van der Waals surface area contributed by atoms with Crippen LogP contribution in [0.4, 0.5) is 8.78 Å². The van der Waals surface area contributed by atoms with Crippen molar-refractivity contribution >= 4 is 5.91 Å². The minimum Gasteiger partial charge on any atom is -0.352 e. The fourth-order valence-electron chi connectivity index (χ4n) is 2.50. The molecule has 0 spiro atoms. The molecule has 24 heavy (non-hydrogen) atoms. The highest BCUT2D eigenvalue weighted by Gasteiger charge is 2.10. The van der Waals surface area contributed by atoms with E-state index in [1.807, 2.05) is 53.2 Å². The molecule has 0 fully saturated rings. The lowest BCUT2D eigenvalue weighted by atomic mass is 10.2. The maximum absolute atomic E-state index is 13.6. The Kier molecular flexibility index (Phi) is 4.70. The van der Waals surface area contributed by atoms with Gasteiger partial charge in [-0.1, -0.05) is 18.2 Å². The number of nitrogens with one attached hydrogen (secondary N) is 1. The zero-order valence-corrected chi connectivity index (χ0v) is 12.9. The van der Waals surface area contributed by atoms with Crippen LogP contribution in [0.15, 0.2) is 66.9 Å². The van der Waals surface area contributed by atoms with Gasteiger partial charge in [0, 0.05) is 29.7 Å². The summed E-state index contributed by atoms with van der Waals surface area (Å²) in [7, 11) is 0. The normalized spacial score (nSPS) is 10.6. The van der Waals surface area contributed by atoms with Gasteiger partial charge in [0.1, 0.15) is 11.6 Å². The number of aromatic nitrogens is 1. The van der Waals surface area contributed by atoms with Gasteiger partial charge in [-0.15, -0.1) is 0 Å². The largest absolute Gasteiger partial charge is 0.352 e. The molecule has 0 saturated carbocycles. The van der Waals surface area contributed by atoms with Crippen molar-refractivity contribution in [2.45, 2.75) is 13.0 Å². The fraction of sp³-hybridized carbons (Fsp3) is 0.105. The number of hydrogen-bond donors (Lipinski definition) is 1. The van der Waals surface area contributed by atoms with Gasteiger partial charge in [-0.25, -0.2) is 8.78 Å². The van der Waals surface area contributed by atoms with Crippen LogP contribution in [-0.4, -0.2) is 10.5 Å². The second kappa shape index (κ2) is 7.08. The van der Waals surface area contributed by atoms with Crippen molar-refractivity contribution in [1.82, 2.24) is 9.88 Å². The van der Waals surface area contributed by atoms with Crippen LogP contribution < -0.4 is 5.32 Å².